The summed E-state index contributed by atoms with van der Waals surface area (Å²) in [5.74, 6) is 0.788. The smallest absolute Gasteiger partial charge is 0.185 e. The number of carbonyl (C=O) groups excluding carboxylic acids is 1. The van der Waals surface area contributed by atoms with Gasteiger partial charge in [-0.25, -0.2) is 0 Å². The monoisotopic (exact) mass is 272 g/mol. The summed E-state index contributed by atoms with van der Waals surface area (Å²) in [4.78, 5) is 11.9. The average molecular weight is 272 g/mol. The lowest BCUT2D eigenvalue weighted by Crippen LogP contribution is -2.05. The van der Waals surface area contributed by atoms with E-state index in [4.69, 9.17) is 4.74 Å². The van der Waals surface area contributed by atoms with Crippen molar-refractivity contribution in [3.63, 3.8) is 0 Å². The number of allylic oxidation sites excluding steroid dienone is 1. The van der Waals surface area contributed by atoms with E-state index in [0.29, 0.717) is 5.56 Å². The molecule has 2 aromatic rings. The van der Waals surface area contributed by atoms with Crippen LogP contribution in [0.25, 0.3) is 6.08 Å². The Morgan fingerprint density at radius 1 is 1.21 bits per heavy atom. The molecular formula is C16H16O2S. The van der Waals surface area contributed by atoms with Gasteiger partial charge in [0.05, 0.1) is 6.10 Å². The summed E-state index contributed by atoms with van der Waals surface area (Å²) in [6.45, 7) is 3.95. The maximum Gasteiger partial charge on any atom is 0.185 e. The molecule has 0 atom stereocenters. The Balaban J connectivity index is 2.03. The van der Waals surface area contributed by atoms with Crippen LogP contribution in [0.4, 0.5) is 0 Å². The number of carbonyl (C=O) groups is 1. The molecule has 0 radical (unpaired) electrons. The quantitative estimate of drug-likeness (QED) is 0.594. The Hall–Kier alpha value is -1.87. The van der Waals surface area contributed by atoms with E-state index in [1.54, 1.807) is 29.5 Å². The van der Waals surface area contributed by atoms with Gasteiger partial charge in [-0.3, -0.25) is 4.79 Å². The molecule has 0 spiro atoms. The van der Waals surface area contributed by atoms with E-state index in [2.05, 4.69) is 0 Å². The predicted molar refractivity (Wildman–Crippen MR) is 79.9 cm³/mol. The van der Waals surface area contributed by atoms with E-state index in [1.807, 2.05) is 48.9 Å². The molecule has 0 fully saturated rings. The molecular weight excluding hydrogens is 256 g/mol. The molecule has 0 bridgehead atoms. The second kappa shape index (κ2) is 6.34. The van der Waals surface area contributed by atoms with E-state index < -0.39 is 0 Å². The number of hydrogen-bond donors (Lipinski definition) is 0. The lowest BCUT2D eigenvalue weighted by Gasteiger charge is -2.09. The lowest BCUT2D eigenvalue weighted by atomic mass is 10.1. The number of rotatable bonds is 5. The molecule has 98 valence electrons. The lowest BCUT2D eigenvalue weighted by molar-refractivity contribution is 0.104. The Morgan fingerprint density at radius 2 is 1.95 bits per heavy atom. The van der Waals surface area contributed by atoms with Crippen molar-refractivity contribution in [2.45, 2.75) is 20.0 Å². The molecule has 1 aromatic carbocycles. The summed E-state index contributed by atoms with van der Waals surface area (Å²) >= 11 is 1.62. The third-order valence-corrected chi connectivity index (χ3v) is 3.18. The number of benzene rings is 1. The van der Waals surface area contributed by atoms with Gasteiger partial charge in [0.25, 0.3) is 0 Å². The number of thiophene rings is 1. The number of ether oxygens (including phenoxy) is 1. The molecule has 0 saturated carbocycles. The molecule has 0 unspecified atom stereocenters. The van der Waals surface area contributed by atoms with E-state index in [0.717, 1.165) is 11.3 Å². The maximum atomic E-state index is 11.9. The number of ketones is 1. The number of hydrogen-bond acceptors (Lipinski definition) is 3. The average Bonchev–Trinajstić information content (AvgIpc) is 2.89. The SMILES string of the molecule is CC(C)Oc1ccc(C(=O)/C=C/c2ccsc2)cc1. The Bertz CT molecular complexity index is 551. The zero-order valence-corrected chi connectivity index (χ0v) is 11.8. The molecule has 0 aliphatic rings. The van der Waals surface area contributed by atoms with Gasteiger partial charge in [-0.2, -0.15) is 11.3 Å². The molecule has 1 aromatic heterocycles. The van der Waals surface area contributed by atoms with E-state index in [9.17, 15) is 4.79 Å². The van der Waals surface area contributed by atoms with Crippen LogP contribution in [0.15, 0.2) is 47.2 Å². The van der Waals surface area contributed by atoms with Crippen LogP contribution in [0.2, 0.25) is 0 Å². The highest BCUT2D eigenvalue weighted by Gasteiger charge is 2.03. The predicted octanol–water partition coefficient (Wildman–Crippen LogP) is 4.43. The third-order valence-electron chi connectivity index (χ3n) is 2.48. The topological polar surface area (TPSA) is 26.3 Å². The summed E-state index contributed by atoms with van der Waals surface area (Å²) in [6, 6.07) is 9.21. The minimum absolute atomic E-state index is 0.00213. The Labute approximate surface area is 117 Å². The van der Waals surface area contributed by atoms with Crippen molar-refractivity contribution in [3.8, 4) is 5.75 Å². The minimum Gasteiger partial charge on any atom is -0.491 e. The highest BCUT2D eigenvalue weighted by Crippen LogP contribution is 2.15. The fourth-order valence-electron chi connectivity index (χ4n) is 1.61. The minimum atomic E-state index is 0.00213. The Morgan fingerprint density at radius 3 is 2.53 bits per heavy atom. The van der Waals surface area contributed by atoms with Crippen LogP contribution in [-0.4, -0.2) is 11.9 Å². The summed E-state index contributed by atoms with van der Waals surface area (Å²) in [6.07, 6.45) is 3.57. The third kappa shape index (κ3) is 4.07. The van der Waals surface area contributed by atoms with Gasteiger partial charge in [0.2, 0.25) is 0 Å². The fourth-order valence-corrected chi connectivity index (χ4v) is 2.24. The molecule has 19 heavy (non-hydrogen) atoms. The summed E-state index contributed by atoms with van der Waals surface area (Å²) in [5, 5.41) is 3.99. The van der Waals surface area contributed by atoms with Crippen molar-refractivity contribution in [2.24, 2.45) is 0 Å². The fraction of sp³-hybridized carbons (Fsp3) is 0.188. The first-order valence-electron chi connectivity index (χ1n) is 6.16. The van der Waals surface area contributed by atoms with E-state index in [1.165, 1.54) is 0 Å². The van der Waals surface area contributed by atoms with Crippen LogP contribution in [0.1, 0.15) is 29.8 Å². The van der Waals surface area contributed by atoms with Crippen molar-refractivity contribution in [1.82, 2.24) is 0 Å². The molecule has 0 amide bonds. The first-order chi connectivity index (χ1) is 9.15. The second-order valence-corrected chi connectivity index (χ2v) is 5.23. The van der Waals surface area contributed by atoms with Gasteiger partial charge in [0.15, 0.2) is 5.78 Å². The van der Waals surface area contributed by atoms with Gasteiger partial charge in [0.1, 0.15) is 5.75 Å². The van der Waals surface area contributed by atoms with Crippen molar-refractivity contribution in [3.05, 3.63) is 58.3 Å². The molecule has 1 heterocycles. The second-order valence-electron chi connectivity index (χ2n) is 4.45. The first-order valence-corrected chi connectivity index (χ1v) is 7.11. The van der Waals surface area contributed by atoms with Gasteiger partial charge in [-0.15, -0.1) is 0 Å². The van der Waals surface area contributed by atoms with Crippen molar-refractivity contribution in [1.29, 1.82) is 0 Å². The largest absolute Gasteiger partial charge is 0.491 e. The summed E-state index contributed by atoms with van der Waals surface area (Å²) in [5.41, 5.74) is 1.72. The zero-order valence-electron chi connectivity index (χ0n) is 11.0. The summed E-state index contributed by atoms with van der Waals surface area (Å²) < 4.78 is 5.54. The van der Waals surface area contributed by atoms with Crippen LogP contribution in [0, 0.1) is 0 Å². The molecule has 3 heteroatoms. The maximum absolute atomic E-state index is 11.9. The van der Waals surface area contributed by atoms with Gasteiger partial charge < -0.3 is 4.74 Å². The summed E-state index contributed by atoms with van der Waals surface area (Å²) in [7, 11) is 0. The first kappa shape index (κ1) is 13.6. The zero-order chi connectivity index (χ0) is 13.7. The standard InChI is InChI=1S/C16H16O2S/c1-12(2)18-15-6-4-14(5-7-15)16(17)8-3-13-9-10-19-11-13/h3-12H,1-2H3/b8-3+. The molecule has 0 saturated heterocycles. The van der Waals surface area contributed by atoms with Gasteiger partial charge in [0, 0.05) is 5.56 Å². The van der Waals surface area contributed by atoms with E-state index in [-0.39, 0.29) is 11.9 Å². The molecule has 2 rings (SSSR count). The highest BCUT2D eigenvalue weighted by molar-refractivity contribution is 7.08. The van der Waals surface area contributed by atoms with Crippen molar-refractivity contribution < 1.29 is 9.53 Å². The van der Waals surface area contributed by atoms with Gasteiger partial charge in [-0.1, -0.05) is 6.08 Å². The normalized spacial score (nSPS) is 11.1. The molecule has 2 nitrogen and oxygen atoms in total. The van der Waals surface area contributed by atoms with Gasteiger partial charge in [-0.05, 0) is 66.6 Å². The van der Waals surface area contributed by atoms with Crippen LogP contribution in [-0.2, 0) is 0 Å². The van der Waals surface area contributed by atoms with Crippen LogP contribution in [0.3, 0.4) is 0 Å². The Kier molecular flexibility index (Phi) is 4.53. The van der Waals surface area contributed by atoms with E-state index >= 15 is 0 Å². The molecule has 0 aliphatic heterocycles. The van der Waals surface area contributed by atoms with Crippen molar-refractivity contribution >= 4 is 23.2 Å². The molecule has 0 N–H and O–H groups in total. The van der Waals surface area contributed by atoms with Crippen molar-refractivity contribution in [2.75, 3.05) is 0 Å². The molecule has 0 aliphatic carbocycles. The van der Waals surface area contributed by atoms with Crippen LogP contribution in [0.5, 0.6) is 5.75 Å². The highest BCUT2D eigenvalue weighted by atomic mass is 32.1. The van der Waals surface area contributed by atoms with Crippen LogP contribution < -0.4 is 4.74 Å². The van der Waals surface area contributed by atoms with Crippen LogP contribution >= 0.6 is 11.3 Å². The van der Waals surface area contributed by atoms with Gasteiger partial charge >= 0.3 is 0 Å².